The number of amides is 2. The van der Waals surface area contributed by atoms with Crippen molar-refractivity contribution in [2.75, 3.05) is 10.6 Å². The van der Waals surface area contributed by atoms with Crippen LogP contribution in [-0.2, 0) is 27.8 Å². The van der Waals surface area contributed by atoms with Gasteiger partial charge in [-0.25, -0.2) is 4.98 Å². The summed E-state index contributed by atoms with van der Waals surface area (Å²) in [5, 5.41) is 6.03. The van der Waals surface area contributed by atoms with Gasteiger partial charge in [-0.1, -0.05) is 42.5 Å². The zero-order chi connectivity index (χ0) is 20.3. The van der Waals surface area contributed by atoms with Crippen molar-refractivity contribution in [3.63, 3.8) is 0 Å². The topological polar surface area (TPSA) is 71.1 Å². The minimum Gasteiger partial charge on any atom is -0.326 e. The monoisotopic (exact) mass is 395 g/mol. The molecular formula is C25H21N3O2. The summed E-state index contributed by atoms with van der Waals surface area (Å²) in [6.07, 6.45) is 3.90. The number of carbonyl (C=O) groups excluding carboxylic acids is 2. The molecule has 5 nitrogen and oxygen atoms in total. The molecule has 148 valence electrons. The molecule has 0 radical (unpaired) electrons. The van der Waals surface area contributed by atoms with Crippen LogP contribution in [0.4, 0.5) is 11.5 Å². The van der Waals surface area contributed by atoms with Crippen LogP contribution in [0.5, 0.6) is 0 Å². The molecule has 0 saturated heterocycles. The van der Waals surface area contributed by atoms with Crippen molar-refractivity contribution in [3.8, 4) is 0 Å². The van der Waals surface area contributed by atoms with Crippen LogP contribution in [0.3, 0.4) is 0 Å². The second-order valence-corrected chi connectivity index (χ2v) is 8.62. The maximum absolute atomic E-state index is 12.8. The number of fused-ring (bicyclic) bond motifs is 3. The van der Waals surface area contributed by atoms with Crippen molar-refractivity contribution in [1.29, 1.82) is 0 Å². The standard InChI is InChI=1S/C25H21N3O2/c29-23(20-12-19(20)15-5-2-1-3-6-15)27-18-9-8-16-13-25(14-17(16)11-18)21-7-4-10-26-22(21)28-24(25)30/h1-11,19-20H,12-14H2,(H,27,29)(H,26,28,30)/t19-,20+,25?/m0/s1. The van der Waals surface area contributed by atoms with Crippen LogP contribution >= 0.6 is 0 Å². The quantitative estimate of drug-likeness (QED) is 0.708. The summed E-state index contributed by atoms with van der Waals surface area (Å²) in [6, 6.07) is 20.1. The number of hydrogen-bond acceptors (Lipinski definition) is 3. The number of pyridine rings is 1. The number of carbonyl (C=O) groups is 2. The van der Waals surface area contributed by atoms with E-state index in [9.17, 15) is 9.59 Å². The lowest BCUT2D eigenvalue weighted by molar-refractivity contribution is -0.120. The van der Waals surface area contributed by atoms with E-state index in [1.165, 1.54) is 5.56 Å². The SMILES string of the molecule is O=C(Nc1ccc2c(c1)CC1(C2)C(=O)Nc2ncccc21)[C@@H]1C[C@H]1c1ccccc1. The van der Waals surface area contributed by atoms with Crippen LogP contribution < -0.4 is 10.6 Å². The molecule has 0 bridgehead atoms. The molecule has 2 aromatic carbocycles. The molecule has 2 aliphatic carbocycles. The maximum Gasteiger partial charge on any atom is 0.237 e. The third kappa shape index (κ3) is 2.58. The fraction of sp³-hybridized carbons (Fsp3) is 0.240. The lowest BCUT2D eigenvalue weighted by Gasteiger charge is -2.20. The molecule has 1 aliphatic heterocycles. The van der Waals surface area contributed by atoms with Gasteiger partial charge in [-0.15, -0.1) is 0 Å². The van der Waals surface area contributed by atoms with E-state index in [4.69, 9.17) is 0 Å². The zero-order valence-electron chi connectivity index (χ0n) is 16.4. The molecule has 1 fully saturated rings. The van der Waals surface area contributed by atoms with Crippen LogP contribution in [0.15, 0.2) is 66.9 Å². The summed E-state index contributed by atoms with van der Waals surface area (Å²) in [4.78, 5) is 29.9. The lowest BCUT2D eigenvalue weighted by Crippen LogP contribution is -2.35. The van der Waals surface area contributed by atoms with E-state index in [1.807, 2.05) is 48.5 Å². The number of nitrogens with one attached hydrogen (secondary N) is 2. The normalized spacial score (nSPS) is 25.5. The van der Waals surface area contributed by atoms with Crippen LogP contribution in [0.25, 0.3) is 0 Å². The number of nitrogens with zero attached hydrogens (tertiary/aromatic N) is 1. The molecule has 1 spiro atoms. The largest absolute Gasteiger partial charge is 0.326 e. The van der Waals surface area contributed by atoms with Crippen LogP contribution in [0.2, 0.25) is 0 Å². The second-order valence-electron chi connectivity index (χ2n) is 8.62. The first-order chi connectivity index (χ1) is 14.6. The van der Waals surface area contributed by atoms with E-state index in [-0.39, 0.29) is 17.7 Å². The third-order valence-electron chi connectivity index (χ3n) is 6.80. The molecular weight excluding hydrogens is 374 g/mol. The van der Waals surface area contributed by atoms with E-state index in [1.54, 1.807) is 6.20 Å². The number of hydrogen-bond donors (Lipinski definition) is 2. The zero-order valence-corrected chi connectivity index (χ0v) is 16.4. The van der Waals surface area contributed by atoms with E-state index in [0.29, 0.717) is 24.6 Å². The highest BCUT2D eigenvalue weighted by atomic mass is 16.2. The fourth-order valence-electron chi connectivity index (χ4n) is 5.13. The van der Waals surface area contributed by atoms with Crippen molar-refractivity contribution in [2.24, 2.45) is 5.92 Å². The van der Waals surface area contributed by atoms with Gasteiger partial charge in [-0.3, -0.25) is 9.59 Å². The molecule has 1 aromatic heterocycles. The maximum atomic E-state index is 12.8. The molecule has 2 heterocycles. The first kappa shape index (κ1) is 17.4. The average Bonchev–Trinajstić information content (AvgIpc) is 3.41. The van der Waals surface area contributed by atoms with Gasteiger partial charge in [-0.2, -0.15) is 0 Å². The molecule has 1 saturated carbocycles. The Hall–Kier alpha value is -3.47. The number of aromatic nitrogens is 1. The number of anilines is 2. The molecule has 2 N–H and O–H groups in total. The number of benzene rings is 2. The van der Waals surface area contributed by atoms with Gasteiger partial charge < -0.3 is 10.6 Å². The van der Waals surface area contributed by atoms with Crippen LogP contribution in [0.1, 0.15) is 34.6 Å². The van der Waals surface area contributed by atoms with Crippen LogP contribution in [-0.4, -0.2) is 16.8 Å². The Morgan fingerprint density at radius 1 is 1.03 bits per heavy atom. The third-order valence-corrected chi connectivity index (χ3v) is 6.80. The first-order valence-electron chi connectivity index (χ1n) is 10.4. The average molecular weight is 395 g/mol. The first-order valence-corrected chi connectivity index (χ1v) is 10.4. The Morgan fingerprint density at radius 3 is 2.73 bits per heavy atom. The predicted molar refractivity (Wildman–Crippen MR) is 114 cm³/mol. The molecule has 3 aromatic rings. The molecule has 3 aliphatic rings. The van der Waals surface area contributed by atoms with Gasteiger partial charge in [0.2, 0.25) is 11.8 Å². The van der Waals surface area contributed by atoms with Gasteiger partial charge in [0.1, 0.15) is 5.82 Å². The Balaban J connectivity index is 1.21. The minimum atomic E-state index is -0.580. The van der Waals surface area contributed by atoms with Crippen molar-refractivity contribution in [2.45, 2.75) is 30.6 Å². The van der Waals surface area contributed by atoms with Gasteiger partial charge in [0.05, 0.1) is 5.41 Å². The van der Waals surface area contributed by atoms with E-state index >= 15 is 0 Å². The highest BCUT2D eigenvalue weighted by molar-refractivity contribution is 6.06. The van der Waals surface area contributed by atoms with E-state index in [0.717, 1.165) is 28.8 Å². The molecule has 5 heteroatoms. The van der Waals surface area contributed by atoms with Gasteiger partial charge in [0.15, 0.2) is 0 Å². The summed E-state index contributed by atoms with van der Waals surface area (Å²) in [5.41, 5.74) is 4.71. The van der Waals surface area contributed by atoms with Gasteiger partial charge in [-0.05, 0) is 60.1 Å². The molecule has 6 rings (SSSR count). The molecule has 3 atom stereocenters. The van der Waals surface area contributed by atoms with Crippen molar-refractivity contribution < 1.29 is 9.59 Å². The van der Waals surface area contributed by atoms with E-state index in [2.05, 4.69) is 27.8 Å². The van der Waals surface area contributed by atoms with Crippen molar-refractivity contribution in [3.05, 3.63) is 89.1 Å². The Morgan fingerprint density at radius 2 is 1.87 bits per heavy atom. The molecule has 1 unspecified atom stereocenters. The smallest absolute Gasteiger partial charge is 0.237 e. The van der Waals surface area contributed by atoms with Gasteiger partial charge >= 0.3 is 0 Å². The van der Waals surface area contributed by atoms with Gasteiger partial charge in [0, 0.05) is 23.4 Å². The summed E-state index contributed by atoms with van der Waals surface area (Å²) in [5.74, 6) is 1.11. The highest BCUT2D eigenvalue weighted by Gasteiger charge is 2.51. The summed E-state index contributed by atoms with van der Waals surface area (Å²) in [7, 11) is 0. The lowest BCUT2D eigenvalue weighted by atomic mass is 9.79. The van der Waals surface area contributed by atoms with Crippen LogP contribution in [0, 0.1) is 5.92 Å². The Bertz CT molecular complexity index is 1190. The number of rotatable bonds is 3. The minimum absolute atomic E-state index is 0.0154. The van der Waals surface area contributed by atoms with Crippen molar-refractivity contribution in [1.82, 2.24) is 4.98 Å². The summed E-state index contributed by atoms with van der Waals surface area (Å²) >= 11 is 0. The second kappa shape index (κ2) is 6.26. The summed E-state index contributed by atoms with van der Waals surface area (Å²) < 4.78 is 0. The Labute approximate surface area is 174 Å². The van der Waals surface area contributed by atoms with Gasteiger partial charge in [0.25, 0.3) is 0 Å². The fourth-order valence-corrected chi connectivity index (χ4v) is 5.13. The molecule has 2 amide bonds. The molecule has 30 heavy (non-hydrogen) atoms. The van der Waals surface area contributed by atoms with Crippen molar-refractivity contribution >= 4 is 23.3 Å². The predicted octanol–water partition coefficient (Wildman–Crippen LogP) is 3.81. The highest BCUT2D eigenvalue weighted by Crippen LogP contribution is 2.49. The van der Waals surface area contributed by atoms with E-state index < -0.39 is 5.41 Å². The Kier molecular flexibility index (Phi) is 3.63. The summed E-state index contributed by atoms with van der Waals surface area (Å²) in [6.45, 7) is 0.